The molecular formula is C13H23N3S. The van der Waals surface area contributed by atoms with Gasteiger partial charge in [-0.3, -0.25) is 0 Å². The van der Waals surface area contributed by atoms with E-state index >= 15 is 0 Å². The Bertz CT molecular complexity index is 311. The SMILES string of the molecule is Cc1cnc(SC(C)CNCCC(C)C)nc1. The molecule has 1 unspecified atom stereocenters. The fraction of sp³-hybridized carbons (Fsp3) is 0.692. The zero-order valence-corrected chi connectivity index (χ0v) is 12.0. The minimum atomic E-state index is 0.505. The van der Waals surface area contributed by atoms with E-state index in [0.29, 0.717) is 5.25 Å². The van der Waals surface area contributed by atoms with Crippen molar-refractivity contribution in [2.24, 2.45) is 5.92 Å². The van der Waals surface area contributed by atoms with Crippen LogP contribution in [0.4, 0.5) is 0 Å². The van der Waals surface area contributed by atoms with Crippen LogP contribution in [0.3, 0.4) is 0 Å². The van der Waals surface area contributed by atoms with Gasteiger partial charge in [0.2, 0.25) is 0 Å². The Balaban J connectivity index is 2.20. The Hall–Kier alpha value is -0.610. The molecule has 0 aliphatic rings. The predicted octanol–water partition coefficient (Wildman–Crippen LogP) is 2.90. The molecule has 96 valence electrons. The van der Waals surface area contributed by atoms with E-state index in [4.69, 9.17) is 0 Å². The summed E-state index contributed by atoms with van der Waals surface area (Å²) >= 11 is 1.73. The summed E-state index contributed by atoms with van der Waals surface area (Å²) in [4.78, 5) is 8.60. The van der Waals surface area contributed by atoms with Crippen molar-refractivity contribution in [3.05, 3.63) is 18.0 Å². The van der Waals surface area contributed by atoms with Gasteiger partial charge in [-0.25, -0.2) is 9.97 Å². The van der Waals surface area contributed by atoms with Crippen molar-refractivity contribution in [3.63, 3.8) is 0 Å². The Morgan fingerprint density at radius 1 is 1.24 bits per heavy atom. The van der Waals surface area contributed by atoms with E-state index in [1.165, 1.54) is 6.42 Å². The normalized spacial score (nSPS) is 13.0. The van der Waals surface area contributed by atoms with Gasteiger partial charge in [0.15, 0.2) is 5.16 Å². The lowest BCUT2D eigenvalue weighted by Crippen LogP contribution is -2.24. The first-order valence-electron chi connectivity index (χ1n) is 6.24. The number of nitrogens with zero attached hydrogens (tertiary/aromatic N) is 2. The zero-order chi connectivity index (χ0) is 12.7. The number of thioether (sulfide) groups is 1. The van der Waals surface area contributed by atoms with Crippen LogP contribution in [0.2, 0.25) is 0 Å². The van der Waals surface area contributed by atoms with Gasteiger partial charge in [-0.2, -0.15) is 0 Å². The second-order valence-electron chi connectivity index (χ2n) is 4.86. The molecule has 1 aromatic rings. The first-order chi connectivity index (χ1) is 8.08. The standard InChI is InChI=1S/C13H23N3S/c1-10(2)5-6-14-9-12(4)17-13-15-7-11(3)8-16-13/h7-8,10,12,14H,5-6,9H2,1-4H3. The van der Waals surface area contributed by atoms with Gasteiger partial charge in [-0.15, -0.1) is 0 Å². The van der Waals surface area contributed by atoms with Crippen molar-refractivity contribution in [1.29, 1.82) is 0 Å². The lowest BCUT2D eigenvalue weighted by molar-refractivity contribution is 0.538. The Morgan fingerprint density at radius 3 is 2.47 bits per heavy atom. The molecule has 0 aliphatic heterocycles. The van der Waals surface area contributed by atoms with Gasteiger partial charge in [0, 0.05) is 24.2 Å². The fourth-order valence-corrected chi connectivity index (χ4v) is 2.15. The van der Waals surface area contributed by atoms with E-state index in [2.05, 4.69) is 36.1 Å². The van der Waals surface area contributed by atoms with Crippen LogP contribution in [0.25, 0.3) is 0 Å². The quantitative estimate of drug-likeness (QED) is 0.460. The Kier molecular flexibility index (Phi) is 6.52. The molecule has 0 spiro atoms. The summed E-state index contributed by atoms with van der Waals surface area (Å²) in [5, 5.41) is 4.85. The number of hydrogen-bond donors (Lipinski definition) is 1. The average molecular weight is 253 g/mol. The first kappa shape index (κ1) is 14.5. The van der Waals surface area contributed by atoms with E-state index in [-0.39, 0.29) is 0 Å². The highest BCUT2D eigenvalue weighted by atomic mass is 32.2. The maximum absolute atomic E-state index is 4.30. The van der Waals surface area contributed by atoms with E-state index < -0.39 is 0 Å². The molecule has 0 saturated heterocycles. The molecule has 0 radical (unpaired) electrons. The molecule has 0 bridgehead atoms. The third-order valence-electron chi connectivity index (χ3n) is 2.39. The molecule has 4 heteroatoms. The molecule has 0 amide bonds. The molecule has 1 heterocycles. The molecule has 1 aromatic heterocycles. The van der Waals surface area contributed by atoms with Crippen LogP contribution in [-0.2, 0) is 0 Å². The Labute approximate surface area is 109 Å². The fourth-order valence-electron chi connectivity index (χ4n) is 1.36. The summed E-state index contributed by atoms with van der Waals surface area (Å²) < 4.78 is 0. The lowest BCUT2D eigenvalue weighted by Gasteiger charge is -2.12. The molecule has 0 fully saturated rings. The molecule has 1 rings (SSSR count). The third kappa shape index (κ3) is 6.64. The smallest absolute Gasteiger partial charge is 0.187 e. The summed E-state index contributed by atoms with van der Waals surface area (Å²) in [5.41, 5.74) is 1.11. The molecule has 3 nitrogen and oxygen atoms in total. The average Bonchev–Trinajstić information content (AvgIpc) is 2.27. The van der Waals surface area contributed by atoms with Crippen LogP contribution in [0, 0.1) is 12.8 Å². The number of aromatic nitrogens is 2. The second kappa shape index (κ2) is 7.67. The van der Waals surface area contributed by atoms with Crippen molar-refractivity contribution in [2.75, 3.05) is 13.1 Å². The van der Waals surface area contributed by atoms with Gasteiger partial charge in [-0.05, 0) is 31.4 Å². The van der Waals surface area contributed by atoms with Gasteiger partial charge in [-0.1, -0.05) is 32.5 Å². The van der Waals surface area contributed by atoms with Crippen molar-refractivity contribution in [1.82, 2.24) is 15.3 Å². The summed E-state index contributed by atoms with van der Waals surface area (Å²) in [7, 11) is 0. The van der Waals surface area contributed by atoms with Crippen molar-refractivity contribution in [3.8, 4) is 0 Å². The maximum atomic E-state index is 4.30. The van der Waals surface area contributed by atoms with Gasteiger partial charge >= 0.3 is 0 Å². The highest BCUT2D eigenvalue weighted by Crippen LogP contribution is 2.17. The van der Waals surface area contributed by atoms with Gasteiger partial charge in [0.05, 0.1) is 0 Å². The van der Waals surface area contributed by atoms with E-state index in [0.717, 1.165) is 29.7 Å². The van der Waals surface area contributed by atoms with Crippen LogP contribution in [0.15, 0.2) is 17.6 Å². The first-order valence-corrected chi connectivity index (χ1v) is 7.12. The highest BCUT2D eigenvalue weighted by Gasteiger charge is 2.06. The number of aryl methyl sites for hydroxylation is 1. The summed E-state index contributed by atoms with van der Waals surface area (Å²) in [6, 6.07) is 0. The van der Waals surface area contributed by atoms with E-state index in [1.807, 2.05) is 19.3 Å². The summed E-state index contributed by atoms with van der Waals surface area (Å²) in [5.74, 6) is 0.769. The number of hydrogen-bond acceptors (Lipinski definition) is 4. The van der Waals surface area contributed by atoms with Gasteiger partial charge in [0.25, 0.3) is 0 Å². The van der Waals surface area contributed by atoms with Crippen LogP contribution in [0.1, 0.15) is 32.8 Å². The molecule has 0 saturated carbocycles. The maximum Gasteiger partial charge on any atom is 0.187 e. The van der Waals surface area contributed by atoms with Crippen LogP contribution in [-0.4, -0.2) is 28.3 Å². The number of nitrogens with one attached hydrogen (secondary N) is 1. The molecule has 1 atom stereocenters. The summed E-state index contributed by atoms with van der Waals surface area (Å²) in [6.07, 6.45) is 4.97. The molecule has 17 heavy (non-hydrogen) atoms. The van der Waals surface area contributed by atoms with E-state index in [1.54, 1.807) is 11.8 Å². The molecule has 0 aromatic carbocycles. The summed E-state index contributed by atoms with van der Waals surface area (Å²) in [6.45, 7) is 10.8. The molecule has 1 N–H and O–H groups in total. The Morgan fingerprint density at radius 2 is 1.88 bits per heavy atom. The third-order valence-corrected chi connectivity index (χ3v) is 3.38. The molecular weight excluding hydrogens is 230 g/mol. The van der Waals surface area contributed by atoms with Crippen molar-refractivity contribution in [2.45, 2.75) is 44.5 Å². The predicted molar refractivity (Wildman–Crippen MR) is 74.4 cm³/mol. The van der Waals surface area contributed by atoms with Crippen molar-refractivity contribution >= 4 is 11.8 Å². The second-order valence-corrected chi connectivity index (χ2v) is 6.26. The topological polar surface area (TPSA) is 37.8 Å². The zero-order valence-electron chi connectivity index (χ0n) is 11.2. The van der Waals surface area contributed by atoms with E-state index in [9.17, 15) is 0 Å². The van der Waals surface area contributed by atoms with Gasteiger partial charge < -0.3 is 5.32 Å². The lowest BCUT2D eigenvalue weighted by atomic mass is 10.1. The number of rotatable bonds is 7. The van der Waals surface area contributed by atoms with Crippen LogP contribution in [0.5, 0.6) is 0 Å². The monoisotopic (exact) mass is 253 g/mol. The molecule has 0 aliphatic carbocycles. The van der Waals surface area contributed by atoms with Crippen molar-refractivity contribution < 1.29 is 0 Å². The minimum absolute atomic E-state index is 0.505. The minimum Gasteiger partial charge on any atom is -0.316 e. The highest BCUT2D eigenvalue weighted by molar-refractivity contribution is 7.99. The van der Waals surface area contributed by atoms with Gasteiger partial charge in [0.1, 0.15) is 0 Å². The largest absolute Gasteiger partial charge is 0.316 e. The van der Waals surface area contributed by atoms with Crippen LogP contribution < -0.4 is 5.32 Å². The van der Waals surface area contributed by atoms with Crippen LogP contribution >= 0.6 is 11.8 Å².